The van der Waals surface area contributed by atoms with E-state index in [4.69, 9.17) is 28.9 Å². The molecule has 1 aromatic heterocycles. The molecule has 0 aliphatic rings. The molecule has 0 bridgehead atoms. The van der Waals surface area contributed by atoms with Crippen LogP contribution in [0.5, 0.6) is 0 Å². The Hall–Kier alpha value is -1.98. The minimum atomic E-state index is -0.235. The minimum absolute atomic E-state index is 0.235. The number of aromatic nitrogens is 2. The van der Waals surface area contributed by atoms with Crippen molar-refractivity contribution in [3.8, 4) is 22.5 Å². The van der Waals surface area contributed by atoms with E-state index in [2.05, 4.69) is 9.97 Å². The molecule has 3 rings (SSSR count). The molecular formula is C19H17Cl2N3O. The molecular weight excluding hydrogens is 357 g/mol. The van der Waals surface area contributed by atoms with Gasteiger partial charge < -0.3 is 10.8 Å². The second kappa shape index (κ2) is 7.50. The Morgan fingerprint density at radius 2 is 1.80 bits per heavy atom. The molecule has 0 unspecified atom stereocenters. The van der Waals surface area contributed by atoms with Crippen LogP contribution in [-0.2, 0) is 13.2 Å². The van der Waals surface area contributed by atoms with Gasteiger partial charge in [0.1, 0.15) is 0 Å². The second-order valence-electron chi connectivity index (χ2n) is 5.62. The van der Waals surface area contributed by atoms with E-state index in [1.54, 1.807) is 6.07 Å². The van der Waals surface area contributed by atoms with Crippen LogP contribution in [0.4, 0.5) is 0 Å². The van der Waals surface area contributed by atoms with Crippen molar-refractivity contribution in [3.63, 3.8) is 0 Å². The van der Waals surface area contributed by atoms with Gasteiger partial charge in [0, 0.05) is 17.7 Å². The van der Waals surface area contributed by atoms with E-state index in [-0.39, 0.29) is 6.61 Å². The van der Waals surface area contributed by atoms with Crippen molar-refractivity contribution in [1.29, 1.82) is 0 Å². The summed E-state index contributed by atoms with van der Waals surface area (Å²) in [4.78, 5) is 9.28. The average Bonchev–Trinajstić information content (AvgIpc) is 2.64. The Bertz CT molecular complexity index is 929. The molecule has 3 N–H and O–H groups in total. The van der Waals surface area contributed by atoms with Crippen LogP contribution in [0.2, 0.25) is 10.0 Å². The van der Waals surface area contributed by atoms with E-state index in [1.165, 1.54) is 0 Å². The number of aliphatic hydroxyl groups excluding tert-OH is 1. The third-order valence-corrected chi connectivity index (χ3v) is 4.75. The van der Waals surface area contributed by atoms with Crippen LogP contribution in [0.1, 0.15) is 17.0 Å². The smallest absolute Gasteiger partial charge is 0.0945 e. The zero-order valence-corrected chi connectivity index (χ0v) is 15.1. The minimum Gasteiger partial charge on any atom is -0.390 e. The predicted molar refractivity (Wildman–Crippen MR) is 101 cm³/mol. The van der Waals surface area contributed by atoms with Crippen LogP contribution in [0, 0.1) is 6.92 Å². The van der Waals surface area contributed by atoms with Crippen LogP contribution in [0.25, 0.3) is 22.5 Å². The van der Waals surface area contributed by atoms with Gasteiger partial charge in [-0.25, -0.2) is 9.97 Å². The number of aryl methyl sites for hydroxylation is 1. The van der Waals surface area contributed by atoms with Gasteiger partial charge in [-0.3, -0.25) is 0 Å². The van der Waals surface area contributed by atoms with Crippen molar-refractivity contribution < 1.29 is 5.11 Å². The van der Waals surface area contributed by atoms with Gasteiger partial charge in [0.2, 0.25) is 0 Å². The fourth-order valence-corrected chi connectivity index (χ4v) is 3.07. The van der Waals surface area contributed by atoms with Crippen molar-refractivity contribution in [2.24, 2.45) is 5.73 Å². The topological polar surface area (TPSA) is 72.0 Å². The van der Waals surface area contributed by atoms with E-state index in [0.717, 1.165) is 11.1 Å². The monoisotopic (exact) mass is 373 g/mol. The van der Waals surface area contributed by atoms with Gasteiger partial charge in [-0.2, -0.15) is 0 Å². The molecule has 0 aliphatic heterocycles. The summed E-state index contributed by atoms with van der Waals surface area (Å²) in [6, 6.07) is 13.1. The lowest BCUT2D eigenvalue weighted by molar-refractivity contribution is 0.277. The largest absolute Gasteiger partial charge is 0.390 e. The van der Waals surface area contributed by atoms with Crippen molar-refractivity contribution in [3.05, 3.63) is 69.5 Å². The third-order valence-electron chi connectivity index (χ3n) is 3.93. The fourth-order valence-electron chi connectivity index (χ4n) is 2.68. The molecule has 0 atom stereocenters. The molecule has 0 aliphatic carbocycles. The highest BCUT2D eigenvalue weighted by molar-refractivity contribution is 6.43. The lowest BCUT2D eigenvalue weighted by Gasteiger charge is -2.13. The summed E-state index contributed by atoms with van der Waals surface area (Å²) >= 11 is 12.4. The van der Waals surface area contributed by atoms with Gasteiger partial charge in [0.25, 0.3) is 0 Å². The fraction of sp³-hybridized carbons (Fsp3) is 0.158. The van der Waals surface area contributed by atoms with E-state index in [1.807, 2.05) is 43.3 Å². The molecule has 0 saturated carbocycles. The summed E-state index contributed by atoms with van der Waals surface area (Å²) < 4.78 is 0. The molecule has 3 aromatic rings. The van der Waals surface area contributed by atoms with Gasteiger partial charge in [-0.15, -0.1) is 0 Å². The number of rotatable bonds is 4. The standard InChI is InChI=1S/C19H17Cl2N3O/c1-11-18(14-6-3-7-15(20)17(14)21)24-16(10-25)19(23-11)13-5-2-4-12(8-13)9-22/h2-8,25H,9-10,22H2,1H3. The summed E-state index contributed by atoms with van der Waals surface area (Å²) in [7, 11) is 0. The maximum atomic E-state index is 9.81. The normalized spacial score (nSPS) is 10.9. The lowest BCUT2D eigenvalue weighted by Crippen LogP contribution is -2.04. The summed E-state index contributed by atoms with van der Waals surface area (Å²) in [6.45, 7) is 2.06. The maximum Gasteiger partial charge on any atom is 0.0945 e. The van der Waals surface area contributed by atoms with Crippen molar-refractivity contribution in [2.75, 3.05) is 0 Å². The number of halogens is 2. The number of aliphatic hydroxyl groups is 1. The van der Waals surface area contributed by atoms with Crippen LogP contribution in [0.15, 0.2) is 42.5 Å². The summed E-state index contributed by atoms with van der Waals surface area (Å²) in [5.41, 5.74) is 10.7. The molecule has 0 amide bonds. The summed E-state index contributed by atoms with van der Waals surface area (Å²) in [5, 5.41) is 10.7. The SMILES string of the molecule is Cc1nc(-c2cccc(CN)c2)c(CO)nc1-c1cccc(Cl)c1Cl. The van der Waals surface area contributed by atoms with Gasteiger partial charge in [0.05, 0.1) is 39.4 Å². The van der Waals surface area contributed by atoms with E-state index in [9.17, 15) is 5.11 Å². The maximum absolute atomic E-state index is 9.81. The first-order valence-corrected chi connectivity index (χ1v) is 8.53. The number of benzene rings is 2. The van der Waals surface area contributed by atoms with Crippen molar-refractivity contribution >= 4 is 23.2 Å². The average molecular weight is 374 g/mol. The Kier molecular flexibility index (Phi) is 5.35. The molecule has 0 spiro atoms. The molecule has 0 radical (unpaired) electrons. The first-order valence-electron chi connectivity index (χ1n) is 7.77. The van der Waals surface area contributed by atoms with Crippen molar-refractivity contribution in [1.82, 2.24) is 9.97 Å². The van der Waals surface area contributed by atoms with Crippen LogP contribution >= 0.6 is 23.2 Å². The first-order chi connectivity index (χ1) is 12.0. The Labute approximate surface area is 156 Å². The number of nitrogens with zero attached hydrogens (tertiary/aromatic N) is 2. The van der Waals surface area contributed by atoms with Crippen LogP contribution in [-0.4, -0.2) is 15.1 Å². The zero-order valence-electron chi connectivity index (χ0n) is 13.6. The quantitative estimate of drug-likeness (QED) is 0.711. The zero-order chi connectivity index (χ0) is 18.0. The summed E-state index contributed by atoms with van der Waals surface area (Å²) in [6.07, 6.45) is 0. The van der Waals surface area contributed by atoms with E-state index in [0.29, 0.717) is 44.9 Å². The highest BCUT2D eigenvalue weighted by Gasteiger charge is 2.17. The highest BCUT2D eigenvalue weighted by Crippen LogP contribution is 2.35. The Morgan fingerprint density at radius 3 is 2.52 bits per heavy atom. The van der Waals surface area contributed by atoms with Gasteiger partial charge >= 0.3 is 0 Å². The van der Waals surface area contributed by atoms with Crippen LogP contribution in [0.3, 0.4) is 0 Å². The van der Waals surface area contributed by atoms with Crippen molar-refractivity contribution in [2.45, 2.75) is 20.1 Å². The second-order valence-corrected chi connectivity index (χ2v) is 6.40. The molecule has 1 heterocycles. The first kappa shape index (κ1) is 17.8. The molecule has 128 valence electrons. The summed E-state index contributed by atoms with van der Waals surface area (Å²) in [5.74, 6) is 0. The number of hydrogen-bond donors (Lipinski definition) is 2. The van der Waals surface area contributed by atoms with Gasteiger partial charge in [-0.1, -0.05) is 53.5 Å². The predicted octanol–water partition coefficient (Wildman–Crippen LogP) is 4.38. The lowest BCUT2D eigenvalue weighted by atomic mass is 10.0. The Balaban J connectivity index is 2.18. The molecule has 2 aromatic carbocycles. The van der Waals surface area contributed by atoms with E-state index < -0.39 is 0 Å². The van der Waals surface area contributed by atoms with Gasteiger partial charge in [-0.05, 0) is 24.6 Å². The third kappa shape index (κ3) is 3.53. The molecule has 25 heavy (non-hydrogen) atoms. The van der Waals surface area contributed by atoms with Crippen LogP contribution < -0.4 is 5.73 Å². The molecule has 0 fully saturated rings. The highest BCUT2D eigenvalue weighted by atomic mass is 35.5. The molecule has 0 saturated heterocycles. The number of nitrogens with two attached hydrogens (primary N) is 1. The molecule has 4 nitrogen and oxygen atoms in total. The Morgan fingerprint density at radius 1 is 1.04 bits per heavy atom. The molecule has 6 heteroatoms. The van der Waals surface area contributed by atoms with Gasteiger partial charge in [0.15, 0.2) is 0 Å². The van der Waals surface area contributed by atoms with E-state index >= 15 is 0 Å². The number of hydrogen-bond acceptors (Lipinski definition) is 4.